The van der Waals surface area contributed by atoms with Crippen molar-refractivity contribution in [3.05, 3.63) is 17.7 Å². The van der Waals surface area contributed by atoms with Gasteiger partial charge in [-0.15, -0.1) is 0 Å². The largest absolute Gasteiger partial charge is 0.493 e. The highest BCUT2D eigenvalue weighted by atomic mass is 16.5. The van der Waals surface area contributed by atoms with Crippen LogP contribution in [0.3, 0.4) is 0 Å². The number of methoxy groups -OCH3 is 2. The molecule has 0 atom stereocenters. The molecule has 0 aromatic heterocycles. The van der Waals surface area contributed by atoms with Gasteiger partial charge in [-0.05, 0) is 24.6 Å². The normalized spacial score (nSPS) is 15.8. The molecule has 1 saturated heterocycles. The molecule has 0 radical (unpaired) electrons. The lowest BCUT2D eigenvalue weighted by Crippen LogP contribution is -2.46. The summed E-state index contributed by atoms with van der Waals surface area (Å²) in [6.07, 6.45) is 0.604. The third-order valence-electron chi connectivity index (χ3n) is 4.22. The molecule has 1 aromatic rings. The van der Waals surface area contributed by atoms with Crippen molar-refractivity contribution in [1.29, 1.82) is 5.26 Å². The average Bonchev–Trinajstić information content (AvgIpc) is 2.62. The summed E-state index contributed by atoms with van der Waals surface area (Å²) in [5.41, 5.74) is 1.15. The van der Waals surface area contributed by atoms with E-state index in [9.17, 15) is 0 Å². The predicted molar refractivity (Wildman–Crippen MR) is 92.7 cm³/mol. The molecule has 1 aliphatic rings. The van der Waals surface area contributed by atoms with Crippen molar-refractivity contribution >= 4 is 0 Å². The zero-order valence-electron chi connectivity index (χ0n) is 14.9. The van der Waals surface area contributed by atoms with Crippen LogP contribution in [-0.2, 0) is 6.54 Å². The van der Waals surface area contributed by atoms with Crippen molar-refractivity contribution in [2.75, 3.05) is 53.6 Å². The zero-order chi connectivity index (χ0) is 17.4. The van der Waals surface area contributed by atoms with E-state index in [1.54, 1.807) is 14.2 Å². The molecule has 0 N–H and O–H groups in total. The lowest BCUT2D eigenvalue weighted by atomic mass is 10.1. The summed E-state index contributed by atoms with van der Waals surface area (Å²) in [4.78, 5) is 4.76. The Hall–Kier alpha value is -1.97. The molecular weight excluding hydrogens is 306 g/mol. The van der Waals surface area contributed by atoms with Crippen LogP contribution in [0.2, 0.25) is 0 Å². The Morgan fingerprint density at radius 1 is 1.04 bits per heavy atom. The van der Waals surface area contributed by atoms with Crippen molar-refractivity contribution in [3.63, 3.8) is 0 Å². The van der Waals surface area contributed by atoms with E-state index in [2.05, 4.69) is 15.9 Å². The minimum Gasteiger partial charge on any atom is -0.493 e. The summed E-state index contributed by atoms with van der Waals surface area (Å²) in [5, 5.41) is 8.68. The first-order valence-electron chi connectivity index (χ1n) is 8.41. The predicted octanol–water partition coefficient (Wildman–Crippen LogP) is 2.13. The van der Waals surface area contributed by atoms with Crippen LogP contribution in [0.15, 0.2) is 12.1 Å². The first kappa shape index (κ1) is 18.4. The van der Waals surface area contributed by atoms with Crippen LogP contribution < -0.4 is 14.2 Å². The zero-order valence-corrected chi connectivity index (χ0v) is 14.9. The van der Waals surface area contributed by atoms with Crippen molar-refractivity contribution < 1.29 is 14.2 Å². The van der Waals surface area contributed by atoms with Gasteiger partial charge in [-0.3, -0.25) is 9.80 Å². The molecule has 1 aromatic carbocycles. The maximum absolute atomic E-state index is 8.68. The van der Waals surface area contributed by atoms with Gasteiger partial charge in [0.1, 0.15) is 0 Å². The van der Waals surface area contributed by atoms with E-state index in [-0.39, 0.29) is 0 Å². The van der Waals surface area contributed by atoms with E-state index in [1.807, 2.05) is 19.1 Å². The Bertz CT molecular complexity index is 538. The van der Waals surface area contributed by atoms with Gasteiger partial charge < -0.3 is 14.2 Å². The molecule has 6 heteroatoms. The van der Waals surface area contributed by atoms with Gasteiger partial charge in [-0.2, -0.15) is 5.26 Å². The number of nitriles is 1. The van der Waals surface area contributed by atoms with E-state index >= 15 is 0 Å². The minimum atomic E-state index is 0.566. The molecule has 0 bridgehead atoms. The second-order valence-electron chi connectivity index (χ2n) is 5.79. The van der Waals surface area contributed by atoms with Gasteiger partial charge >= 0.3 is 0 Å². The lowest BCUT2D eigenvalue weighted by molar-refractivity contribution is 0.129. The van der Waals surface area contributed by atoms with Crippen molar-refractivity contribution in [2.45, 2.75) is 19.9 Å². The standard InChI is InChI=1S/C18H27N3O3/c1-4-24-18-16(22-2)12-15(13-17(18)23-3)14-21-10-8-20(9-11-21)7-5-6-19/h12-13H,4-5,7-11,14H2,1-3H3. The number of ether oxygens (including phenoxy) is 3. The number of rotatable bonds is 8. The molecule has 132 valence electrons. The van der Waals surface area contributed by atoms with E-state index in [0.717, 1.165) is 44.8 Å². The van der Waals surface area contributed by atoms with Crippen LogP contribution >= 0.6 is 0 Å². The van der Waals surface area contributed by atoms with Gasteiger partial charge in [-0.25, -0.2) is 0 Å². The molecule has 24 heavy (non-hydrogen) atoms. The fourth-order valence-electron chi connectivity index (χ4n) is 2.95. The molecule has 0 amide bonds. The second-order valence-corrected chi connectivity index (χ2v) is 5.79. The smallest absolute Gasteiger partial charge is 0.203 e. The number of hydrogen-bond donors (Lipinski definition) is 0. The summed E-state index contributed by atoms with van der Waals surface area (Å²) in [6.45, 7) is 8.25. The Kier molecular flexibility index (Phi) is 7.16. The van der Waals surface area contributed by atoms with Gasteiger partial charge in [0.15, 0.2) is 11.5 Å². The van der Waals surface area contributed by atoms with Crippen LogP contribution in [0.25, 0.3) is 0 Å². The molecular formula is C18H27N3O3. The Labute approximate surface area is 144 Å². The minimum absolute atomic E-state index is 0.566. The molecule has 1 fully saturated rings. The van der Waals surface area contributed by atoms with Gasteiger partial charge in [-0.1, -0.05) is 0 Å². The van der Waals surface area contributed by atoms with Crippen LogP contribution in [0.4, 0.5) is 0 Å². The van der Waals surface area contributed by atoms with E-state index in [1.165, 1.54) is 0 Å². The Morgan fingerprint density at radius 2 is 1.62 bits per heavy atom. The van der Waals surface area contributed by atoms with Crippen molar-refractivity contribution in [1.82, 2.24) is 9.80 Å². The molecule has 1 heterocycles. The summed E-state index contributed by atoms with van der Waals surface area (Å²) in [7, 11) is 3.30. The lowest BCUT2D eigenvalue weighted by Gasteiger charge is -2.34. The van der Waals surface area contributed by atoms with Gasteiger partial charge in [0.2, 0.25) is 5.75 Å². The maximum Gasteiger partial charge on any atom is 0.203 e. The summed E-state index contributed by atoms with van der Waals surface area (Å²) in [5.74, 6) is 2.07. The number of hydrogen-bond acceptors (Lipinski definition) is 6. The van der Waals surface area contributed by atoms with Crippen LogP contribution in [-0.4, -0.2) is 63.4 Å². The Balaban J connectivity index is 2.01. The fourth-order valence-corrected chi connectivity index (χ4v) is 2.95. The summed E-state index contributed by atoms with van der Waals surface area (Å²) in [6, 6.07) is 6.26. The van der Waals surface area contributed by atoms with Crippen LogP contribution in [0, 0.1) is 11.3 Å². The van der Waals surface area contributed by atoms with Gasteiger partial charge in [0, 0.05) is 45.7 Å². The molecule has 0 aliphatic carbocycles. The van der Waals surface area contributed by atoms with Gasteiger partial charge in [0.25, 0.3) is 0 Å². The highest BCUT2D eigenvalue weighted by molar-refractivity contribution is 5.53. The fraction of sp³-hybridized carbons (Fsp3) is 0.611. The second kappa shape index (κ2) is 9.36. The number of nitrogens with zero attached hydrogens (tertiary/aromatic N) is 3. The topological polar surface area (TPSA) is 58.0 Å². The molecule has 6 nitrogen and oxygen atoms in total. The van der Waals surface area contributed by atoms with E-state index in [0.29, 0.717) is 30.3 Å². The number of piperazine rings is 1. The van der Waals surface area contributed by atoms with E-state index in [4.69, 9.17) is 19.5 Å². The van der Waals surface area contributed by atoms with Crippen molar-refractivity contribution in [2.24, 2.45) is 0 Å². The van der Waals surface area contributed by atoms with Crippen LogP contribution in [0.5, 0.6) is 17.2 Å². The first-order chi connectivity index (χ1) is 11.7. The van der Waals surface area contributed by atoms with Gasteiger partial charge in [0.05, 0.1) is 26.9 Å². The quantitative estimate of drug-likeness (QED) is 0.726. The molecule has 2 rings (SSSR count). The highest BCUT2D eigenvalue weighted by Gasteiger charge is 2.19. The average molecular weight is 333 g/mol. The maximum atomic E-state index is 8.68. The monoisotopic (exact) mass is 333 g/mol. The SMILES string of the molecule is CCOc1c(OC)cc(CN2CCN(CCC#N)CC2)cc1OC. The molecule has 0 unspecified atom stereocenters. The molecule has 1 aliphatic heterocycles. The highest BCUT2D eigenvalue weighted by Crippen LogP contribution is 2.38. The Morgan fingerprint density at radius 3 is 2.12 bits per heavy atom. The number of benzene rings is 1. The van der Waals surface area contributed by atoms with Crippen molar-refractivity contribution in [3.8, 4) is 23.3 Å². The third-order valence-corrected chi connectivity index (χ3v) is 4.22. The third kappa shape index (κ3) is 4.76. The van der Waals surface area contributed by atoms with E-state index < -0.39 is 0 Å². The molecule has 0 spiro atoms. The van der Waals surface area contributed by atoms with Crippen LogP contribution in [0.1, 0.15) is 18.9 Å². The first-order valence-corrected chi connectivity index (χ1v) is 8.41. The molecule has 0 saturated carbocycles. The summed E-state index contributed by atoms with van der Waals surface area (Å²) < 4.78 is 16.6. The summed E-state index contributed by atoms with van der Waals surface area (Å²) >= 11 is 0.